The van der Waals surface area contributed by atoms with Crippen LogP contribution in [-0.4, -0.2) is 32.0 Å². The molecule has 0 amide bonds. The van der Waals surface area contributed by atoms with E-state index < -0.39 is 13.0 Å². The Hall–Kier alpha value is -0.680. The zero-order valence-electron chi connectivity index (χ0n) is 9.21. The van der Waals surface area contributed by atoms with Crippen molar-refractivity contribution < 1.29 is 13.5 Å². The standard InChI is InChI=1S/C11H14BrF2NO/c1-15(2)6-8-5-9(12)3-4-10(8)16-7-11(13)14/h3-5,11H,6-7H2,1-2H3. The third-order valence-electron chi connectivity index (χ3n) is 1.87. The molecule has 5 heteroatoms. The first-order valence-corrected chi connectivity index (χ1v) is 5.62. The summed E-state index contributed by atoms with van der Waals surface area (Å²) in [5.74, 6) is 0.511. The third-order valence-corrected chi connectivity index (χ3v) is 2.37. The second-order valence-corrected chi connectivity index (χ2v) is 4.61. The van der Waals surface area contributed by atoms with Crippen LogP contribution in [0, 0.1) is 0 Å². The van der Waals surface area contributed by atoms with E-state index in [1.54, 1.807) is 12.1 Å². The average molecular weight is 294 g/mol. The highest BCUT2D eigenvalue weighted by atomic mass is 79.9. The Labute approximate surface area is 102 Å². The van der Waals surface area contributed by atoms with Gasteiger partial charge in [-0.3, -0.25) is 0 Å². The second-order valence-electron chi connectivity index (χ2n) is 3.69. The molecule has 0 aliphatic carbocycles. The zero-order valence-corrected chi connectivity index (χ0v) is 10.8. The molecule has 1 aromatic carbocycles. The van der Waals surface area contributed by atoms with Crippen molar-refractivity contribution in [3.63, 3.8) is 0 Å². The number of benzene rings is 1. The summed E-state index contributed by atoms with van der Waals surface area (Å²) in [6.07, 6.45) is -2.45. The van der Waals surface area contributed by atoms with Crippen molar-refractivity contribution in [2.75, 3.05) is 20.7 Å². The lowest BCUT2D eigenvalue weighted by atomic mass is 10.2. The lowest BCUT2D eigenvalue weighted by Crippen LogP contribution is -2.13. The summed E-state index contributed by atoms with van der Waals surface area (Å²) in [6.45, 7) is 0.0834. The van der Waals surface area contributed by atoms with Gasteiger partial charge in [0.2, 0.25) is 0 Å². The fourth-order valence-corrected chi connectivity index (χ4v) is 1.71. The number of rotatable bonds is 5. The van der Waals surface area contributed by atoms with Gasteiger partial charge in [0.1, 0.15) is 12.4 Å². The van der Waals surface area contributed by atoms with Crippen LogP contribution in [0.2, 0.25) is 0 Å². The molecule has 90 valence electrons. The molecular formula is C11H14BrF2NO. The third kappa shape index (κ3) is 4.45. The minimum atomic E-state index is -2.45. The average Bonchev–Trinajstić information content (AvgIpc) is 2.15. The van der Waals surface area contributed by atoms with Gasteiger partial charge in [0.05, 0.1) is 0 Å². The van der Waals surface area contributed by atoms with Crippen molar-refractivity contribution in [1.29, 1.82) is 0 Å². The second kappa shape index (κ2) is 6.15. The highest BCUT2D eigenvalue weighted by molar-refractivity contribution is 9.10. The highest BCUT2D eigenvalue weighted by Gasteiger charge is 2.09. The Morgan fingerprint density at radius 3 is 2.62 bits per heavy atom. The van der Waals surface area contributed by atoms with Crippen molar-refractivity contribution in [3.8, 4) is 5.75 Å². The molecule has 0 unspecified atom stereocenters. The van der Waals surface area contributed by atoms with Crippen LogP contribution >= 0.6 is 15.9 Å². The number of halogens is 3. The molecule has 0 atom stereocenters. The Morgan fingerprint density at radius 1 is 1.38 bits per heavy atom. The fraction of sp³-hybridized carbons (Fsp3) is 0.455. The highest BCUT2D eigenvalue weighted by Crippen LogP contribution is 2.24. The largest absolute Gasteiger partial charge is 0.487 e. The van der Waals surface area contributed by atoms with Gasteiger partial charge < -0.3 is 9.64 Å². The molecule has 0 bridgehead atoms. The van der Waals surface area contributed by atoms with Gasteiger partial charge in [0.25, 0.3) is 6.43 Å². The maximum Gasteiger partial charge on any atom is 0.272 e. The molecule has 0 aromatic heterocycles. The Kier molecular flexibility index (Phi) is 5.15. The van der Waals surface area contributed by atoms with Crippen LogP contribution in [-0.2, 0) is 6.54 Å². The maximum atomic E-state index is 12.0. The summed E-state index contributed by atoms with van der Waals surface area (Å²) in [5, 5.41) is 0. The van der Waals surface area contributed by atoms with Crippen molar-refractivity contribution in [3.05, 3.63) is 28.2 Å². The Morgan fingerprint density at radius 2 is 2.06 bits per heavy atom. The van der Waals surface area contributed by atoms with E-state index in [9.17, 15) is 8.78 Å². The summed E-state index contributed by atoms with van der Waals surface area (Å²) < 4.78 is 30.1. The van der Waals surface area contributed by atoms with Crippen LogP contribution in [0.4, 0.5) is 8.78 Å². The number of nitrogens with zero attached hydrogens (tertiary/aromatic N) is 1. The van der Waals surface area contributed by atoms with Crippen molar-refractivity contribution in [2.24, 2.45) is 0 Å². The summed E-state index contributed by atoms with van der Waals surface area (Å²) in [4.78, 5) is 1.96. The van der Waals surface area contributed by atoms with Gasteiger partial charge in [-0.1, -0.05) is 15.9 Å². The normalized spacial score (nSPS) is 11.2. The predicted octanol–water partition coefficient (Wildman–Crippen LogP) is 3.15. The van der Waals surface area contributed by atoms with Crippen LogP contribution in [0.5, 0.6) is 5.75 Å². The van der Waals surface area contributed by atoms with Gasteiger partial charge in [-0.05, 0) is 32.3 Å². The van der Waals surface area contributed by atoms with Crippen LogP contribution in [0.15, 0.2) is 22.7 Å². The summed E-state index contributed by atoms with van der Waals surface area (Å²) in [5.41, 5.74) is 0.889. The maximum absolute atomic E-state index is 12.0. The van der Waals surface area contributed by atoms with Gasteiger partial charge in [0.15, 0.2) is 0 Å². The van der Waals surface area contributed by atoms with Crippen molar-refractivity contribution in [1.82, 2.24) is 4.90 Å². The van der Waals surface area contributed by atoms with Crippen LogP contribution in [0.3, 0.4) is 0 Å². The molecule has 0 radical (unpaired) electrons. The van der Waals surface area contributed by atoms with E-state index in [-0.39, 0.29) is 0 Å². The topological polar surface area (TPSA) is 12.5 Å². The van der Waals surface area contributed by atoms with Gasteiger partial charge in [-0.2, -0.15) is 0 Å². The van der Waals surface area contributed by atoms with E-state index >= 15 is 0 Å². The molecular weight excluding hydrogens is 280 g/mol. The van der Waals surface area contributed by atoms with E-state index in [4.69, 9.17) is 4.74 Å². The number of alkyl halides is 2. The lowest BCUT2D eigenvalue weighted by molar-refractivity contribution is 0.0811. The van der Waals surface area contributed by atoms with E-state index in [0.717, 1.165) is 10.0 Å². The summed E-state index contributed by atoms with van der Waals surface area (Å²) in [6, 6.07) is 5.35. The molecule has 1 rings (SSSR count). The SMILES string of the molecule is CN(C)Cc1cc(Br)ccc1OCC(F)F. The van der Waals surface area contributed by atoms with E-state index in [0.29, 0.717) is 12.3 Å². The van der Waals surface area contributed by atoms with Crippen LogP contribution in [0.1, 0.15) is 5.56 Å². The molecule has 0 spiro atoms. The first-order chi connectivity index (χ1) is 7.49. The Bertz CT molecular complexity index is 345. The molecule has 16 heavy (non-hydrogen) atoms. The monoisotopic (exact) mass is 293 g/mol. The number of ether oxygens (including phenoxy) is 1. The molecule has 1 aromatic rings. The minimum absolute atomic E-state index is 0.511. The molecule has 0 fully saturated rings. The first-order valence-electron chi connectivity index (χ1n) is 4.83. The minimum Gasteiger partial charge on any atom is -0.487 e. The molecule has 2 nitrogen and oxygen atoms in total. The molecule has 0 saturated heterocycles. The quantitative estimate of drug-likeness (QED) is 0.827. The summed E-state index contributed by atoms with van der Waals surface area (Å²) >= 11 is 3.34. The molecule has 0 saturated carbocycles. The van der Waals surface area contributed by atoms with Gasteiger partial charge in [-0.25, -0.2) is 8.78 Å². The van der Waals surface area contributed by atoms with Crippen LogP contribution in [0.25, 0.3) is 0 Å². The lowest BCUT2D eigenvalue weighted by Gasteiger charge is -2.15. The zero-order chi connectivity index (χ0) is 12.1. The smallest absolute Gasteiger partial charge is 0.272 e. The molecule has 0 aliphatic rings. The fourth-order valence-electron chi connectivity index (χ4n) is 1.31. The van der Waals surface area contributed by atoms with E-state index in [1.165, 1.54) is 0 Å². The van der Waals surface area contributed by atoms with Gasteiger partial charge in [0, 0.05) is 16.6 Å². The number of hydrogen-bond donors (Lipinski definition) is 0. The van der Waals surface area contributed by atoms with Gasteiger partial charge >= 0.3 is 0 Å². The van der Waals surface area contributed by atoms with Crippen molar-refractivity contribution in [2.45, 2.75) is 13.0 Å². The molecule has 0 N–H and O–H groups in total. The first kappa shape index (κ1) is 13.4. The summed E-state index contributed by atoms with van der Waals surface area (Å²) in [7, 11) is 3.83. The Balaban J connectivity index is 2.80. The van der Waals surface area contributed by atoms with E-state index in [1.807, 2.05) is 25.1 Å². The van der Waals surface area contributed by atoms with Crippen molar-refractivity contribution >= 4 is 15.9 Å². The van der Waals surface area contributed by atoms with Gasteiger partial charge in [-0.15, -0.1) is 0 Å². The van der Waals surface area contributed by atoms with Crippen LogP contribution < -0.4 is 4.74 Å². The number of hydrogen-bond acceptors (Lipinski definition) is 2. The van der Waals surface area contributed by atoms with E-state index in [2.05, 4.69) is 15.9 Å². The molecule has 0 aliphatic heterocycles. The predicted molar refractivity (Wildman–Crippen MR) is 63.0 cm³/mol. The molecule has 0 heterocycles.